The average molecular weight is 317 g/mol. The summed E-state index contributed by atoms with van der Waals surface area (Å²) >= 11 is 0. The summed E-state index contributed by atoms with van der Waals surface area (Å²) in [4.78, 5) is 7.82. The lowest BCUT2D eigenvalue weighted by atomic mass is 10.2. The van der Waals surface area contributed by atoms with E-state index >= 15 is 0 Å². The topological polar surface area (TPSA) is 51.7 Å². The van der Waals surface area contributed by atoms with E-state index in [9.17, 15) is 5.11 Å². The number of anilines is 1. The van der Waals surface area contributed by atoms with Gasteiger partial charge in [0.2, 0.25) is 6.41 Å². The van der Waals surface area contributed by atoms with E-state index < -0.39 is 6.41 Å². The van der Waals surface area contributed by atoms with Crippen molar-refractivity contribution >= 4 is 16.6 Å². The number of nitrogens with zero attached hydrogens (tertiary/aromatic N) is 2. The molecular weight excluding hydrogens is 290 g/mol. The van der Waals surface area contributed by atoms with Gasteiger partial charge in [-0.15, -0.1) is 0 Å². The van der Waals surface area contributed by atoms with E-state index in [0.717, 1.165) is 26.2 Å². The number of rotatable bonds is 3. The van der Waals surface area contributed by atoms with Crippen molar-refractivity contribution in [2.75, 3.05) is 31.1 Å². The molecule has 2 aromatic rings. The summed E-state index contributed by atoms with van der Waals surface area (Å²) in [6, 6.07) is 8.58. The normalized spacial score (nSPS) is 18.6. The van der Waals surface area contributed by atoms with Gasteiger partial charge in [-0.1, -0.05) is 12.1 Å². The number of aromatic amines is 1. The van der Waals surface area contributed by atoms with Crippen LogP contribution in [0.4, 0.5) is 5.69 Å². The Morgan fingerprint density at radius 3 is 2.52 bits per heavy atom. The van der Waals surface area contributed by atoms with Gasteiger partial charge in [-0.3, -0.25) is 4.90 Å². The molecule has 1 aliphatic rings. The van der Waals surface area contributed by atoms with Gasteiger partial charge in [-0.05, 0) is 39.8 Å². The maximum Gasteiger partial charge on any atom is 0.216 e. The molecule has 1 fully saturated rings. The van der Waals surface area contributed by atoms with Crippen LogP contribution in [0.1, 0.15) is 26.5 Å². The van der Waals surface area contributed by atoms with E-state index in [1.54, 1.807) is 0 Å². The maximum absolute atomic E-state index is 10.2. The fourth-order valence-electron chi connectivity index (χ4n) is 3.12. The molecule has 1 aromatic carbocycles. The molecule has 23 heavy (non-hydrogen) atoms. The van der Waals surface area contributed by atoms with E-state index in [0.29, 0.717) is 0 Å². The number of aromatic nitrogens is 1. The van der Waals surface area contributed by atoms with Gasteiger partial charge in [0, 0.05) is 37.3 Å². The highest BCUT2D eigenvalue weighted by molar-refractivity contribution is 5.92. The Labute approximate surface area is 137 Å². The Morgan fingerprint density at radius 2 is 1.87 bits per heavy atom. The van der Waals surface area contributed by atoms with Crippen LogP contribution in [-0.4, -0.2) is 53.2 Å². The zero-order chi connectivity index (χ0) is 16.6. The molecule has 2 heterocycles. The summed E-state index contributed by atoms with van der Waals surface area (Å²) in [5, 5.41) is 11.5. The van der Waals surface area contributed by atoms with Crippen LogP contribution in [0.15, 0.2) is 24.3 Å². The van der Waals surface area contributed by atoms with Crippen molar-refractivity contribution in [2.24, 2.45) is 0 Å². The van der Waals surface area contributed by atoms with Crippen molar-refractivity contribution in [3.8, 4) is 0 Å². The minimum absolute atomic E-state index is 0.343. The minimum atomic E-state index is -0.833. The molecule has 0 amide bonds. The molecule has 0 radical (unpaired) electrons. The van der Waals surface area contributed by atoms with Crippen LogP contribution in [0.25, 0.3) is 10.9 Å². The lowest BCUT2D eigenvalue weighted by molar-refractivity contribution is -0.239. The number of hydrogen-bond donors (Lipinski definition) is 2. The molecule has 5 heteroatoms. The number of piperazine rings is 1. The molecular formula is C18H27N3O2. The molecule has 1 aliphatic heterocycles. The summed E-state index contributed by atoms with van der Waals surface area (Å²) in [6.45, 7) is 11.3. The maximum atomic E-state index is 10.2. The molecule has 0 saturated carbocycles. The highest BCUT2D eigenvalue weighted by atomic mass is 16.6. The van der Waals surface area contributed by atoms with E-state index in [2.05, 4.69) is 41.1 Å². The number of aliphatic hydroxyl groups is 1. The van der Waals surface area contributed by atoms with Crippen molar-refractivity contribution in [1.82, 2.24) is 9.88 Å². The van der Waals surface area contributed by atoms with Crippen LogP contribution in [0.5, 0.6) is 0 Å². The Balaban J connectivity index is 1.69. The largest absolute Gasteiger partial charge is 0.367 e. The van der Waals surface area contributed by atoms with E-state index in [-0.39, 0.29) is 5.60 Å². The van der Waals surface area contributed by atoms with E-state index in [4.69, 9.17) is 4.74 Å². The van der Waals surface area contributed by atoms with Crippen LogP contribution in [0.2, 0.25) is 0 Å². The average Bonchev–Trinajstić information content (AvgIpc) is 2.85. The first-order valence-corrected chi connectivity index (χ1v) is 8.27. The van der Waals surface area contributed by atoms with Gasteiger partial charge >= 0.3 is 0 Å². The third-order valence-corrected chi connectivity index (χ3v) is 4.20. The van der Waals surface area contributed by atoms with E-state index in [1.165, 1.54) is 22.3 Å². The minimum Gasteiger partial charge on any atom is -0.367 e. The van der Waals surface area contributed by atoms with Crippen molar-refractivity contribution < 1.29 is 9.84 Å². The van der Waals surface area contributed by atoms with Crippen LogP contribution in [-0.2, 0) is 4.74 Å². The van der Waals surface area contributed by atoms with Crippen LogP contribution < -0.4 is 4.90 Å². The van der Waals surface area contributed by atoms with Crippen LogP contribution >= 0.6 is 0 Å². The SMILES string of the molecule is Cc1cc2cccc(N3CCN(C(O)OC(C)(C)C)CC3)c2[nH]1. The molecule has 0 bridgehead atoms. The first-order chi connectivity index (χ1) is 10.8. The monoisotopic (exact) mass is 317 g/mol. The Kier molecular flexibility index (Phi) is 4.36. The fourth-order valence-corrected chi connectivity index (χ4v) is 3.12. The molecule has 2 N–H and O–H groups in total. The lowest BCUT2D eigenvalue weighted by Crippen LogP contribution is -2.52. The molecule has 0 spiro atoms. The molecule has 1 aromatic heterocycles. The fraction of sp³-hybridized carbons (Fsp3) is 0.556. The van der Waals surface area contributed by atoms with Gasteiger partial charge in [-0.2, -0.15) is 0 Å². The zero-order valence-electron chi connectivity index (χ0n) is 14.5. The highest BCUT2D eigenvalue weighted by Gasteiger charge is 2.27. The summed E-state index contributed by atoms with van der Waals surface area (Å²) in [5.41, 5.74) is 3.27. The number of fused-ring (bicyclic) bond motifs is 1. The summed E-state index contributed by atoms with van der Waals surface area (Å²) in [6.07, 6.45) is -0.833. The highest BCUT2D eigenvalue weighted by Crippen LogP contribution is 2.28. The Hall–Kier alpha value is -1.56. The second-order valence-electron chi connectivity index (χ2n) is 7.27. The van der Waals surface area contributed by atoms with Gasteiger partial charge in [-0.25, -0.2) is 0 Å². The molecule has 1 saturated heterocycles. The number of H-pyrrole nitrogens is 1. The van der Waals surface area contributed by atoms with Crippen LogP contribution in [0.3, 0.4) is 0 Å². The number of hydrogen-bond acceptors (Lipinski definition) is 4. The molecule has 5 nitrogen and oxygen atoms in total. The third-order valence-electron chi connectivity index (χ3n) is 4.20. The summed E-state index contributed by atoms with van der Waals surface area (Å²) < 4.78 is 5.65. The van der Waals surface area contributed by atoms with Crippen molar-refractivity contribution in [3.05, 3.63) is 30.0 Å². The molecule has 3 rings (SSSR count). The third kappa shape index (κ3) is 3.68. The standard InChI is InChI=1S/C18H27N3O2/c1-13-12-14-6-5-7-15(16(14)19-13)20-8-10-21(11-9-20)17(22)23-18(2,3)4/h5-7,12,17,19,22H,8-11H2,1-4H3. The molecule has 1 unspecified atom stereocenters. The first kappa shape index (κ1) is 16.3. The Bertz CT molecular complexity index is 666. The summed E-state index contributed by atoms with van der Waals surface area (Å²) in [7, 11) is 0. The Morgan fingerprint density at radius 1 is 1.17 bits per heavy atom. The molecule has 0 aliphatic carbocycles. The number of aliphatic hydroxyl groups excluding tert-OH is 1. The van der Waals surface area contributed by atoms with Crippen molar-refractivity contribution in [1.29, 1.82) is 0 Å². The van der Waals surface area contributed by atoms with Gasteiger partial charge < -0.3 is 19.7 Å². The van der Waals surface area contributed by atoms with Gasteiger partial charge in [0.1, 0.15) is 0 Å². The van der Waals surface area contributed by atoms with E-state index in [1.807, 2.05) is 25.7 Å². The zero-order valence-corrected chi connectivity index (χ0v) is 14.5. The van der Waals surface area contributed by atoms with Gasteiger partial charge in [0.25, 0.3) is 0 Å². The predicted molar refractivity (Wildman–Crippen MR) is 93.7 cm³/mol. The van der Waals surface area contributed by atoms with Crippen LogP contribution in [0, 0.1) is 6.92 Å². The number of benzene rings is 1. The van der Waals surface area contributed by atoms with Crippen molar-refractivity contribution in [2.45, 2.75) is 39.7 Å². The quantitative estimate of drug-likeness (QED) is 0.855. The molecule has 1 atom stereocenters. The smallest absolute Gasteiger partial charge is 0.216 e. The van der Waals surface area contributed by atoms with Crippen molar-refractivity contribution in [3.63, 3.8) is 0 Å². The number of aryl methyl sites for hydroxylation is 1. The second-order valence-corrected chi connectivity index (χ2v) is 7.27. The second kappa shape index (κ2) is 6.15. The molecule has 126 valence electrons. The van der Waals surface area contributed by atoms with Gasteiger partial charge in [0.05, 0.1) is 16.8 Å². The van der Waals surface area contributed by atoms with Gasteiger partial charge in [0.15, 0.2) is 0 Å². The number of nitrogens with one attached hydrogen (secondary N) is 1. The lowest BCUT2D eigenvalue weighted by Gasteiger charge is -2.39. The predicted octanol–water partition coefficient (Wildman–Crippen LogP) is 2.69. The number of ether oxygens (including phenoxy) is 1. The first-order valence-electron chi connectivity index (χ1n) is 8.27. The summed E-state index contributed by atoms with van der Waals surface area (Å²) in [5.74, 6) is 0. The number of para-hydroxylation sites is 1.